The van der Waals surface area contributed by atoms with E-state index in [2.05, 4.69) is 19.2 Å². The van der Waals surface area contributed by atoms with Gasteiger partial charge in [-0.2, -0.15) is 0 Å². The van der Waals surface area contributed by atoms with Gasteiger partial charge in [-0.1, -0.05) is 27.2 Å². The van der Waals surface area contributed by atoms with E-state index in [0.29, 0.717) is 24.8 Å². The molecule has 0 heterocycles. The zero-order chi connectivity index (χ0) is 14.2. The van der Waals surface area contributed by atoms with Gasteiger partial charge in [0, 0.05) is 13.2 Å². The topological polar surface area (TPSA) is 75.4 Å². The molecule has 2 unspecified atom stereocenters. The standard InChI is InChI=1S/C14H30N2O2.ClH/c1-5-7-14(4,15)13(18)16-10-12(6-8-17)9-11(2)3;/h11-12,17H,5-10,15H2,1-4H3,(H,16,18);1H. The lowest BCUT2D eigenvalue weighted by Gasteiger charge is -2.25. The molecule has 0 saturated heterocycles. The van der Waals surface area contributed by atoms with E-state index in [4.69, 9.17) is 10.8 Å². The van der Waals surface area contributed by atoms with Crippen LogP contribution in [0.4, 0.5) is 0 Å². The summed E-state index contributed by atoms with van der Waals surface area (Å²) in [6.07, 6.45) is 3.32. The molecule has 0 radical (unpaired) electrons. The van der Waals surface area contributed by atoms with Gasteiger partial charge in [-0.05, 0) is 38.0 Å². The molecule has 4 nitrogen and oxygen atoms in total. The number of amides is 1. The van der Waals surface area contributed by atoms with Crippen molar-refractivity contribution in [2.24, 2.45) is 17.6 Å². The molecule has 116 valence electrons. The van der Waals surface area contributed by atoms with Gasteiger partial charge in [0.2, 0.25) is 5.91 Å². The summed E-state index contributed by atoms with van der Waals surface area (Å²) >= 11 is 0. The predicted molar refractivity (Wildman–Crippen MR) is 82.4 cm³/mol. The maximum atomic E-state index is 12.0. The lowest BCUT2D eigenvalue weighted by atomic mass is 9.93. The molecular formula is C14H31ClN2O2. The zero-order valence-electron chi connectivity index (χ0n) is 12.7. The van der Waals surface area contributed by atoms with E-state index in [9.17, 15) is 4.79 Å². The van der Waals surface area contributed by atoms with Crippen molar-refractivity contribution in [2.45, 2.75) is 58.9 Å². The third-order valence-corrected chi connectivity index (χ3v) is 3.18. The van der Waals surface area contributed by atoms with Crippen LogP contribution in [-0.2, 0) is 4.79 Å². The van der Waals surface area contributed by atoms with Crippen LogP contribution in [0.3, 0.4) is 0 Å². The van der Waals surface area contributed by atoms with Gasteiger partial charge in [-0.3, -0.25) is 4.79 Å². The van der Waals surface area contributed by atoms with Crippen LogP contribution in [0.2, 0.25) is 0 Å². The van der Waals surface area contributed by atoms with Crippen LogP contribution in [0.15, 0.2) is 0 Å². The Labute approximate surface area is 123 Å². The number of carbonyl (C=O) groups is 1. The fourth-order valence-corrected chi connectivity index (χ4v) is 2.22. The molecule has 0 spiro atoms. The molecule has 0 aromatic rings. The summed E-state index contributed by atoms with van der Waals surface area (Å²) in [6, 6.07) is 0. The third kappa shape index (κ3) is 9.25. The van der Waals surface area contributed by atoms with Gasteiger partial charge in [0.05, 0.1) is 5.54 Å². The monoisotopic (exact) mass is 294 g/mol. The molecule has 0 rings (SSSR count). The van der Waals surface area contributed by atoms with Crippen LogP contribution in [0.25, 0.3) is 0 Å². The van der Waals surface area contributed by atoms with E-state index < -0.39 is 5.54 Å². The number of hydrogen-bond donors (Lipinski definition) is 3. The van der Waals surface area contributed by atoms with E-state index >= 15 is 0 Å². The average Bonchev–Trinajstić information content (AvgIpc) is 2.24. The van der Waals surface area contributed by atoms with Crippen molar-refractivity contribution in [1.29, 1.82) is 0 Å². The Kier molecular flexibility index (Phi) is 11.6. The Morgan fingerprint density at radius 1 is 1.42 bits per heavy atom. The predicted octanol–water partition coefficient (Wildman–Crippen LogP) is 2.09. The van der Waals surface area contributed by atoms with Gasteiger partial charge in [0.1, 0.15) is 0 Å². The highest BCUT2D eigenvalue weighted by molar-refractivity contribution is 5.85. The molecule has 0 aliphatic heterocycles. The fraction of sp³-hybridized carbons (Fsp3) is 0.929. The highest BCUT2D eigenvalue weighted by Crippen LogP contribution is 2.15. The third-order valence-electron chi connectivity index (χ3n) is 3.18. The highest BCUT2D eigenvalue weighted by atomic mass is 35.5. The highest BCUT2D eigenvalue weighted by Gasteiger charge is 2.27. The Morgan fingerprint density at radius 3 is 2.42 bits per heavy atom. The normalized spacial score (nSPS) is 15.5. The first-order valence-electron chi connectivity index (χ1n) is 7.01. The Hall–Kier alpha value is -0.320. The molecule has 0 aromatic heterocycles. The molecule has 0 aromatic carbocycles. The van der Waals surface area contributed by atoms with Gasteiger partial charge in [0.25, 0.3) is 0 Å². The van der Waals surface area contributed by atoms with Crippen molar-refractivity contribution in [2.75, 3.05) is 13.2 Å². The lowest BCUT2D eigenvalue weighted by molar-refractivity contribution is -0.126. The fourth-order valence-electron chi connectivity index (χ4n) is 2.22. The van der Waals surface area contributed by atoms with Crippen molar-refractivity contribution in [3.63, 3.8) is 0 Å². The van der Waals surface area contributed by atoms with Crippen LogP contribution in [0.5, 0.6) is 0 Å². The van der Waals surface area contributed by atoms with Gasteiger partial charge in [-0.25, -0.2) is 0 Å². The van der Waals surface area contributed by atoms with Gasteiger partial charge in [0.15, 0.2) is 0 Å². The van der Waals surface area contributed by atoms with Crippen LogP contribution >= 0.6 is 12.4 Å². The quantitative estimate of drug-likeness (QED) is 0.609. The van der Waals surface area contributed by atoms with Gasteiger partial charge >= 0.3 is 0 Å². The maximum absolute atomic E-state index is 12.0. The second kappa shape index (κ2) is 10.5. The number of aliphatic hydroxyl groups excluding tert-OH is 1. The Bertz CT molecular complexity index is 246. The van der Waals surface area contributed by atoms with Crippen molar-refractivity contribution in [1.82, 2.24) is 5.32 Å². The first-order chi connectivity index (χ1) is 8.33. The maximum Gasteiger partial charge on any atom is 0.239 e. The molecule has 4 N–H and O–H groups in total. The molecule has 0 aliphatic rings. The number of nitrogens with one attached hydrogen (secondary N) is 1. The molecule has 0 saturated carbocycles. The molecule has 0 fully saturated rings. The minimum absolute atomic E-state index is 0. The first-order valence-corrected chi connectivity index (χ1v) is 7.01. The average molecular weight is 295 g/mol. The number of nitrogens with two attached hydrogens (primary N) is 1. The van der Waals surface area contributed by atoms with Crippen LogP contribution in [-0.4, -0.2) is 29.7 Å². The second-order valence-corrected chi connectivity index (χ2v) is 5.89. The summed E-state index contributed by atoms with van der Waals surface area (Å²) in [5.41, 5.74) is 5.19. The minimum Gasteiger partial charge on any atom is -0.396 e. The first kappa shape index (κ1) is 21.0. The van der Waals surface area contributed by atoms with E-state index in [1.54, 1.807) is 6.92 Å². The molecule has 2 atom stereocenters. The van der Waals surface area contributed by atoms with Crippen LogP contribution in [0, 0.1) is 11.8 Å². The van der Waals surface area contributed by atoms with Crippen molar-refractivity contribution in [3.05, 3.63) is 0 Å². The summed E-state index contributed by atoms with van der Waals surface area (Å²) in [7, 11) is 0. The second-order valence-electron chi connectivity index (χ2n) is 5.89. The zero-order valence-corrected chi connectivity index (χ0v) is 13.6. The molecule has 5 heteroatoms. The SMILES string of the molecule is CCCC(C)(N)C(=O)NCC(CCO)CC(C)C.Cl. The smallest absolute Gasteiger partial charge is 0.239 e. The number of carbonyl (C=O) groups excluding carboxylic acids is 1. The molecular weight excluding hydrogens is 264 g/mol. The van der Waals surface area contributed by atoms with Crippen molar-refractivity contribution >= 4 is 18.3 Å². The van der Waals surface area contributed by atoms with Crippen molar-refractivity contribution in [3.8, 4) is 0 Å². The van der Waals surface area contributed by atoms with Gasteiger partial charge in [-0.15, -0.1) is 12.4 Å². The van der Waals surface area contributed by atoms with Gasteiger partial charge < -0.3 is 16.2 Å². The molecule has 0 bridgehead atoms. The van der Waals surface area contributed by atoms with Crippen LogP contribution < -0.4 is 11.1 Å². The molecule has 19 heavy (non-hydrogen) atoms. The Morgan fingerprint density at radius 2 is 2.00 bits per heavy atom. The largest absolute Gasteiger partial charge is 0.396 e. The number of hydrogen-bond acceptors (Lipinski definition) is 3. The van der Waals surface area contributed by atoms with Crippen LogP contribution in [0.1, 0.15) is 53.4 Å². The summed E-state index contributed by atoms with van der Waals surface area (Å²) in [4.78, 5) is 12.0. The summed E-state index contributed by atoms with van der Waals surface area (Å²) in [5.74, 6) is 0.811. The molecule has 1 amide bonds. The minimum atomic E-state index is -0.781. The molecule has 0 aliphatic carbocycles. The number of aliphatic hydroxyl groups is 1. The van der Waals surface area contributed by atoms with E-state index in [0.717, 1.165) is 19.3 Å². The summed E-state index contributed by atoms with van der Waals surface area (Å²) in [5, 5.41) is 11.9. The summed E-state index contributed by atoms with van der Waals surface area (Å²) in [6.45, 7) is 8.86. The number of halogens is 1. The van der Waals surface area contributed by atoms with E-state index in [-0.39, 0.29) is 24.9 Å². The van der Waals surface area contributed by atoms with E-state index in [1.807, 2.05) is 6.92 Å². The lowest BCUT2D eigenvalue weighted by Crippen LogP contribution is -2.52. The Balaban J connectivity index is 0. The number of rotatable bonds is 9. The van der Waals surface area contributed by atoms with E-state index in [1.165, 1.54) is 0 Å². The van der Waals surface area contributed by atoms with Crippen molar-refractivity contribution < 1.29 is 9.90 Å². The summed E-state index contributed by atoms with van der Waals surface area (Å²) < 4.78 is 0.